The molecule has 0 atom stereocenters. The molecule has 2 rings (SSSR count). The molecule has 0 saturated heterocycles. The van der Waals surface area contributed by atoms with Gasteiger partial charge in [-0.25, -0.2) is 4.98 Å². The minimum atomic E-state index is 0.118. The minimum Gasteiger partial charge on any atom is -0.493 e. The number of hydrogen-bond donors (Lipinski definition) is 2. The maximum atomic E-state index is 8.90. The van der Waals surface area contributed by atoms with E-state index in [4.69, 9.17) is 19.3 Å². The lowest BCUT2D eigenvalue weighted by molar-refractivity contribution is 0.292. The quantitative estimate of drug-likeness (QED) is 0.719. The van der Waals surface area contributed by atoms with Crippen LogP contribution in [0, 0.1) is 0 Å². The fraction of sp³-hybridized carbons (Fsp3) is 0.375. The van der Waals surface area contributed by atoms with E-state index in [-0.39, 0.29) is 6.61 Å². The summed E-state index contributed by atoms with van der Waals surface area (Å²) < 4.78 is 16.1. The van der Waals surface area contributed by atoms with Gasteiger partial charge in [0.1, 0.15) is 5.69 Å². The molecule has 23 heavy (non-hydrogen) atoms. The number of aromatic nitrogens is 2. The number of nitrogens with zero attached hydrogens (tertiary/aromatic N) is 2. The molecule has 2 N–H and O–H groups in total. The summed E-state index contributed by atoms with van der Waals surface area (Å²) in [6, 6.07) is 3.64. The Kier molecular flexibility index (Phi) is 5.99. The lowest BCUT2D eigenvalue weighted by Gasteiger charge is -2.15. The van der Waals surface area contributed by atoms with Gasteiger partial charge in [-0.05, 0) is 18.6 Å². The summed E-state index contributed by atoms with van der Waals surface area (Å²) in [5.74, 6) is 2.26. The molecule has 0 bridgehead atoms. The van der Waals surface area contributed by atoms with Crippen molar-refractivity contribution in [3.8, 4) is 28.5 Å². The first-order chi connectivity index (χ1) is 11.2. The topological polar surface area (TPSA) is 85.7 Å². The SMILES string of the molecule is COc1cc(-c2nccnc2NCCCO)cc(OC)c1OC. The number of ether oxygens (including phenoxy) is 3. The Balaban J connectivity index is 2.45. The summed E-state index contributed by atoms with van der Waals surface area (Å²) in [6.07, 6.45) is 3.86. The summed E-state index contributed by atoms with van der Waals surface area (Å²) in [5, 5.41) is 12.1. The van der Waals surface area contributed by atoms with E-state index in [0.29, 0.717) is 41.7 Å². The van der Waals surface area contributed by atoms with Gasteiger partial charge in [0.15, 0.2) is 17.3 Å². The van der Waals surface area contributed by atoms with Gasteiger partial charge in [-0.1, -0.05) is 0 Å². The normalized spacial score (nSPS) is 10.3. The highest BCUT2D eigenvalue weighted by molar-refractivity contribution is 5.75. The van der Waals surface area contributed by atoms with Gasteiger partial charge in [-0.2, -0.15) is 0 Å². The number of aliphatic hydroxyl groups excluding tert-OH is 1. The van der Waals surface area contributed by atoms with Crippen LogP contribution in [0.4, 0.5) is 5.82 Å². The highest BCUT2D eigenvalue weighted by atomic mass is 16.5. The van der Waals surface area contributed by atoms with Gasteiger partial charge in [0.25, 0.3) is 0 Å². The van der Waals surface area contributed by atoms with Crippen molar-refractivity contribution >= 4 is 5.82 Å². The molecule has 0 radical (unpaired) electrons. The Morgan fingerprint density at radius 2 is 1.65 bits per heavy atom. The van der Waals surface area contributed by atoms with Gasteiger partial charge in [0.05, 0.1) is 21.3 Å². The number of hydrogen-bond acceptors (Lipinski definition) is 7. The van der Waals surface area contributed by atoms with Crippen molar-refractivity contribution in [3.63, 3.8) is 0 Å². The van der Waals surface area contributed by atoms with E-state index < -0.39 is 0 Å². The molecule has 1 heterocycles. The fourth-order valence-electron chi connectivity index (χ4n) is 2.18. The van der Waals surface area contributed by atoms with Crippen LogP contribution in [0.5, 0.6) is 17.2 Å². The number of aliphatic hydroxyl groups is 1. The van der Waals surface area contributed by atoms with Gasteiger partial charge in [0.2, 0.25) is 5.75 Å². The van der Waals surface area contributed by atoms with E-state index in [1.54, 1.807) is 33.7 Å². The van der Waals surface area contributed by atoms with Gasteiger partial charge in [-0.3, -0.25) is 4.98 Å². The maximum absolute atomic E-state index is 8.90. The molecule has 124 valence electrons. The van der Waals surface area contributed by atoms with Crippen LogP contribution in [-0.4, -0.2) is 49.6 Å². The predicted molar refractivity (Wildman–Crippen MR) is 87.3 cm³/mol. The molecule has 0 spiro atoms. The first kappa shape index (κ1) is 16.8. The van der Waals surface area contributed by atoms with E-state index in [0.717, 1.165) is 5.56 Å². The number of benzene rings is 1. The Hall–Kier alpha value is -2.54. The third kappa shape index (κ3) is 3.81. The molecule has 0 fully saturated rings. The van der Waals surface area contributed by atoms with Gasteiger partial charge >= 0.3 is 0 Å². The zero-order valence-electron chi connectivity index (χ0n) is 13.5. The third-order valence-corrected chi connectivity index (χ3v) is 3.26. The van der Waals surface area contributed by atoms with E-state index >= 15 is 0 Å². The predicted octanol–water partition coefficient (Wildman–Crippen LogP) is 1.96. The van der Waals surface area contributed by atoms with Crippen LogP contribution in [-0.2, 0) is 0 Å². The van der Waals surface area contributed by atoms with Gasteiger partial charge in [0, 0.05) is 31.1 Å². The monoisotopic (exact) mass is 319 g/mol. The second kappa shape index (κ2) is 8.19. The zero-order chi connectivity index (χ0) is 16.7. The molecule has 7 heteroatoms. The van der Waals surface area contributed by atoms with Crippen molar-refractivity contribution in [3.05, 3.63) is 24.5 Å². The molecule has 1 aromatic carbocycles. The smallest absolute Gasteiger partial charge is 0.203 e. The Labute approximate surface area is 135 Å². The molecule has 0 aliphatic heterocycles. The zero-order valence-corrected chi connectivity index (χ0v) is 13.5. The van der Waals surface area contributed by atoms with Gasteiger partial charge in [-0.15, -0.1) is 0 Å². The van der Waals surface area contributed by atoms with Crippen LogP contribution in [0.15, 0.2) is 24.5 Å². The lowest BCUT2D eigenvalue weighted by Crippen LogP contribution is -2.07. The minimum absolute atomic E-state index is 0.118. The number of anilines is 1. The van der Waals surface area contributed by atoms with Crippen LogP contribution in [0.25, 0.3) is 11.3 Å². The van der Waals surface area contributed by atoms with Crippen LogP contribution in [0.1, 0.15) is 6.42 Å². The first-order valence-electron chi connectivity index (χ1n) is 7.21. The highest BCUT2D eigenvalue weighted by Crippen LogP contribution is 2.41. The molecular weight excluding hydrogens is 298 g/mol. The summed E-state index contributed by atoms with van der Waals surface area (Å²) in [4.78, 5) is 8.71. The average Bonchev–Trinajstić information content (AvgIpc) is 2.61. The number of methoxy groups -OCH3 is 3. The molecule has 0 unspecified atom stereocenters. The summed E-state index contributed by atoms with van der Waals surface area (Å²) in [7, 11) is 4.69. The van der Waals surface area contributed by atoms with Crippen LogP contribution in [0.3, 0.4) is 0 Å². The Morgan fingerprint density at radius 3 is 2.22 bits per heavy atom. The van der Waals surface area contributed by atoms with Crippen molar-refractivity contribution in [2.24, 2.45) is 0 Å². The largest absolute Gasteiger partial charge is 0.493 e. The molecule has 0 aliphatic rings. The molecule has 0 amide bonds. The van der Waals surface area contributed by atoms with Crippen molar-refractivity contribution < 1.29 is 19.3 Å². The van der Waals surface area contributed by atoms with Crippen molar-refractivity contribution in [2.75, 3.05) is 39.8 Å². The van der Waals surface area contributed by atoms with Crippen LogP contribution < -0.4 is 19.5 Å². The van der Waals surface area contributed by atoms with Gasteiger partial charge < -0.3 is 24.6 Å². The molecule has 0 saturated carbocycles. The first-order valence-corrected chi connectivity index (χ1v) is 7.21. The molecule has 1 aromatic heterocycles. The summed E-state index contributed by atoms with van der Waals surface area (Å²) >= 11 is 0. The van der Waals surface area contributed by atoms with E-state index in [1.165, 1.54) is 0 Å². The molecule has 7 nitrogen and oxygen atoms in total. The van der Waals surface area contributed by atoms with E-state index in [2.05, 4.69) is 15.3 Å². The van der Waals surface area contributed by atoms with Crippen molar-refractivity contribution in [2.45, 2.75) is 6.42 Å². The molecule has 0 aliphatic carbocycles. The molecule has 2 aromatic rings. The lowest BCUT2D eigenvalue weighted by atomic mass is 10.1. The Morgan fingerprint density at radius 1 is 1.00 bits per heavy atom. The average molecular weight is 319 g/mol. The summed E-state index contributed by atoms with van der Waals surface area (Å²) in [5.41, 5.74) is 1.46. The van der Waals surface area contributed by atoms with E-state index in [9.17, 15) is 0 Å². The standard InChI is InChI=1S/C16H21N3O4/c1-21-12-9-11(10-13(22-2)15(12)23-3)14-16(18-5-4-8-20)19-7-6-17-14/h6-7,9-10,20H,4-5,8H2,1-3H3,(H,18,19). The number of rotatable bonds is 8. The number of nitrogens with one attached hydrogen (secondary N) is 1. The van der Waals surface area contributed by atoms with Crippen LogP contribution >= 0.6 is 0 Å². The van der Waals surface area contributed by atoms with Crippen molar-refractivity contribution in [1.82, 2.24) is 9.97 Å². The maximum Gasteiger partial charge on any atom is 0.203 e. The van der Waals surface area contributed by atoms with Crippen LogP contribution in [0.2, 0.25) is 0 Å². The van der Waals surface area contributed by atoms with E-state index in [1.807, 2.05) is 12.1 Å². The molecular formula is C16H21N3O4. The van der Waals surface area contributed by atoms with Crippen molar-refractivity contribution in [1.29, 1.82) is 0 Å². The Bertz CT molecular complexity index is 624. The second-order valence-electron chi connectivity index (χ2n) is 4.67. The third-order valence-electron chi connectivity index (χ3n) is 3.26. The fourth-order valence-corrected chi connectivity index (χ4v) is 2.18. The summed E-state index contributed by atoms with van der Waals surface area (Å²) in [6.45, 7) is 0.722. The second-order valence-corrected chi connectivity index (χ2v) is 4.67. The highest BCUT2D eigenvalue weighted by Gasteiger charge is 2.16.